The number of anilines is 1. The summed E-state index contributed by atoms with van der Waals surface area (Å²) in [6, 6.07) is 10.4. The number of rotatable bonds is 10. The van der Waals surface area contributed by atoms with Gasteiger partial charge < -0.3 is 15.4 Å². The molecule has 36 heavy (non-hydrogen) atoms. The molecular formula is C22H17Cl2FN6O3S2. The molecule has 0 fully saturated rings. The van der Waals surface area contributed by atoms with Gasteiger partial charge in [-0.05, 0) is 42.5 Å². The second kappa shape index (κ2) is 12.2. The Morgan fingerprint density at radius 2 is 1.92 bits per heavy atom. The maximum Gasteiger partial charge on any atom is 0.258 e. The minimum atomic E-state index is -0.424. The number of amides is 2. The summed E-state index contributed by atoms with van der Waals surface area (Å²) in [4.78, 5) is 28.6. The van der Waals surface area contributed by atoms with E-state index >= 15 is 0 Å². The molecule has 0 aliphatic rings. The van der Waals surface area contributed by atoms with Gasteiger partial charge in [0, 0.05) is 22.3 Å². The van der Waals surface area contributed by atoms with Crippen molar-refractivity contribution in [2.45, 2.75) is 11.7 Å². The number of carbonyl (C=O) groups is 2. The predicted octanol–water partition coefficient (Wildman–Crippen LogP) is 4.60. The maximum atomic E-state index is 13.5. The number of nitrogens with one attached hydrogen (secondary N) is 2. The SMILES string of the molecule is O=C(COc1ccc(Cl)cc1Cl)NCc1nnc(SCC(=O)Nc2nccs2)n1-c1ccc(F)cc1. The Morgan fingerprint density at radius 1 is 1.11 bits per heavy atom. The Hall–Kier alpha value is -3.19. The van der Waals surface area contributed by atoms with Crippen molar-refractivity contribution in [1.82, 2.24) is 25.1 Å². The molecule has 9 nitrogen and oxygen atoms in total. The lowest BCUT2D eigenvalue weighted by Gasteiger charge is -2.12. The first-order valence-electron chi connectivity index (χ1n) is 10.3. The average molecular weight is 567 g/mol. The van der Waals surface area contributed by atoms with E-state index in [4.69, 9.17) is 27.9 Å². The van der Waals surface area contributed by atoms with E-state index < -0.39 is 11.7 Å². The monoisotopic (exact) mass is 566 g/mol. The lowest BCUT2D eigenvalue weighted by molar-refractivity contribution is -0.123. The summed E-state index contributed by atoms with van der Waals surface area (Å²) < 4.78 is 20.6. The molecule has 0 radical (unpaired) electrons. The predicted molar refractivity (Wildman–Crippen MR) is 137 cm³/mol. The second-order valence-electron chi connectivity index (χ2n) is 7.02. The fourth-order valence-corrected chi connectivity index (χ4v) is 4.67. The number of halogens is 3. The Balaban J connectivity index is 1.42. The average Bonchev–Trinajstić information content (AvgIpc) is 3.51. The van der Waals surface area contributed by atoms with Crippen molar-refractivity contribution in [3.05, 3.63) is 75.7 Å². The molecule has 186 valence electrons. The summed E-state index contributed by atoms with van der Waals surface area (Å²) in [5.74, 6) is -0.358. The van der Waals surface area contributed by atoms with Crippen LogP contribution in [0, 0.1) is 5.82 Å². The molecule has 0 atom stereocenters. The van der Waals surface area contributed by atoms with E-state index in [1.807, 2.05) is 0 Å². The van der Waals surface area contributed by atoms with Crippen molar-refractivity contribution in [3.8, 4) is 11.4 Å². The number of nitrogens with zero attached hydrogens (tertiary/aromatic N) is 4. The van der Waals surface area contributed by atoms with Gasteiger partial charge in [-0.2, -0.15) is 0 Å². The van der Waals surface area contributed by atoms with E-state index in [2.05, 4.69) is 25.8 Å². The Kier molecular flexibility index (Phi) is 8.75. The van der Waals surface area contributed by atoms with Gasteiger partial charge in [0.15, 0.2) is 22.7 Å². The van der Waals surface area contributed by atoms with Gasteiger partial charge in [-0.3, -0.25) is 14.2 Å². The van der Waals surface area contributed by atoms with Crippen LogP contribution in [0.1, 0.15) is 5.82 Å². The van der Waals surface area contributed by atoms with Crippen LogP contribution in [0.3, 0.4) is 0 Å². The number of thiazole rings is 1. The molecule has 2 aromatic carbocycles. The number of aromatic nitrogens is 4. The molecule has 0 aliphatic carbocycles. The van der Waals surface area contributed by atoms with Crippen molar-refractivity contribution in [1.29, 1.82) is 0 Å². The fourth-order valence-electron chi connectivity index (χ4n) is 2.89. The van der Waals surface area contributed by atoms with Gasteiger partial charge in [0.05, 0.1) is 17.3 Å². The highest BCUT2D eigenvalue weighted by atomic mass is 35.5. The first kappa shape index (κ1) is 25.9. The summed E-state index contributed by atoms with van der Waals surface area (Å²) in [6.45, 7) is -0.280. The zero-order chi connectivity index (χ0) is 25.5. The normalized spacial score (nSPS) is 10.8. The summed E-state index contributed by atoms with van der Waals surface area (Å²) in [7, 11) is 0. The highest BCUT2D eigenvalue weighted by Crippen LogP contribution is 2.27. The summed E-state index contributed by atoms with van der Waals surface area (Å²) in [6.07, 6.45) is 1.59. The first-order chi connectivity index (χ1) is 17.4. The molecule has 0 unspecified atom stereocenters. The third kappa shape index (κ3) is 6.94. The molecule has 0 spiro atoms. The molecule has 0 saturated heterocycles. The lowest BCUT2D eigenvalue weighted by Crippen LogP contribution is -2.29. The molecule has 4 aromatic rings. The smallest absolute Gasteiger partial charge is 0.258 e. The lowest BCUT2D eigenvalue weighted by atomic mass is 10.3. The van der Waals surface area contributed by atoms with Crippen molar-refractivity contribution in [2.75, 3.05) is 17.7 Å². The zero-order valence-electron chi connectivity index (χ0n) is 18.3. The third-order valence-corrected chi connectivity index (χ3v) is 6.64. The van der Waals surface area contributed by atoms with Crippen LogP contribution in [0.4, 0.5) is 9.52 Å². The Bertz CT molecular complexity index is 1350. The Morgan fingerprint density at radius 3 is 2.64 bits per heavy atom. The van der Waals surface area contributed by atoms with Gasteiger partial charge in [-0.1, -0.05) is 35.0 Å². The maximum absolute atomic E-state index is 13.5. The third-order valence-electron chi connectivity index (χ3n) is 4.49. The number of ether oxygens (including phenoxy) is 1. The number of carbonyl (C=O) groups excluding carboxylic acids is 2. The van der Waals surface area contributed by atoms with Crippen molar-refractivity contribution >= 4 is 63.2 Å². The fraction of sp³-hybridized carbons (Fsp3) is 0.136. The van der Waals surface area contributed by atoms with Gasteiger partial charge >= 0.3 is 0 Å². The van der Waals surface area contributed by atoms with Crippen LogP contribution < -0.4 is 15.4 Å². The molecular weight excluding hydrogens is 550 g/mol. The molecule has 2 amide bonds. The highest BCUT2D eigenvalue weighted by molar-refractivity contribution is 7.99. The topological polar surface area (TPSA) is 111 Å². The van der Waals surface area contributed by atoms with E-state index in [-0.39, 0.29) is 29.8 Å². The highest BCUT2D eigenvalue weighted by Gasteiger charge is 2.17. The van der Waals surface area contributed by atoms with Crippen molar-refractivity contribution < 1.29 is 18.7 Å². The molecule has 0 aliphatic heterocycles. The van der Waals surface area contributed by atoms with E-state index in [0.717, 1.165) is 11.8 Å². The number of benzene rings is 2. The van der Waals surface area contributed by atoms with Crippen LogP contribution in [-0.4, -0.2) is 43.9 Å². The van der Waals surface area contributed by atoms with Crippen LogP contribution in [0.2, 0.25) is 10.0 Å². The molecule has 2 N–H and O–H groups in total. The van der Waals surface area contributed by atoms with E-state index in [1.54, 1.807) is 40.4 Å². The van der Waals surface area contributed by atoms with Gasteiger partial charge in [0.1, 0.15) is 11.6 Å². The van der Waals surface area contributed by atoms with Crippen LogP contribution in [0.15, 0.2) is 59.2 Å². The van der Waals surface area contributed by atoms with Crippen LogP contribution in [0.25, 0.3) is 5.69 Å². The van der Waals surface area contributed by atoms with Gasteiger partial charge in [-0.15, -0.1) is 21.5 Å². The van der Waals surface area contributed by atoms with E-state index in [9.17, 15) is 14.0 Å². The minimum absolute atomic E-state index is 0.00674. The summed E-state index contributed by atoms with van der Waals surface area (Å²) in [5.41, 5.74) is 0.567. The van der Waals surface area contributed by atoms with Gasteiger partial charge in [0.25, 0.3) is 5.91 Å². The molecule has 14 heteroatoms. The molecule has 2 heterocycles. The van der Waals surface area contributed by atoms with Crippen LogP contribution in [0.5, 0.6) is 5.75 Å². The quantitative estimate of drug-likeness (QED) is 0.270. The summed E-state index contributed by atoms with van der Waals surface area (Å²) >= 11 is 14.4. The standard InChI is InChI=1S/C22H17Cl2FN6O3S2/c23-13-1-6-17(16(24)9-13)34-11-19(32)27-10-18-29-30-22(31(18)15-4-2-14(25)3-5-15)36-12-20(33)28-21-26-7-8-35-21/h1-9H,10-12H2,(H,27,32)(H,26,28,33). The zero-order valence-corrected chi connectivity index (χ0v) is 21.4. The number of hydrogen-bond acceptors (Lipinski definition) is 8. The van der Waals surface area contributed by atoms with E-state index in [0.29, 0.717) is 32.6 Å². The molecule has 4 rings (SSSR count). The summed E-state index contributed by atoms with van der Waals surface area (Å²) in [5, 5.41) is 17.1. The van der Waals surface area contributed by atoms with Crippen LogP contribution in [-0.2, 0) is 16.1 Å². The Labute approximate surface area is 223 Å². The molecule has 0 saturated carbocycles. The number of hydrogen-bond donors (Lipinski definition) is 2. The van der Waals surface area contributed by atoms with Gasteiger partial charge in [0.2, 0.25) is 5.91 Å². The molecule has 2 aromatic heterocycles. The largest absolute Gasteiger partial charge is 0.482 e. The van der Waals surface area contributed by atoms with Crippen LogP contribution >= 0.6 is 46.3 Å². The van der Waals surface area contributed by atoms with E-state index in [1.165, 1.54) is 29.5 Å². The second-order valence-corrected chi connectivity index (χ2v) is 9.71. The van der Waals surface area contributed by atoms with Crippen molar-refractivity contribution in [3.63, 3.8) is 0 Å². The minimum Gasteiger partial charge on any atom is -0.482 e. The van der Waals surface area contributed by atoms with Crippen molar-refractivity contribution in [2.24, 2.45) is 0 Å². The molecule has 0 bridgehead atoms. The van der Waals surface area contributed by atoms with Gasteiger partial charge in [-0.25, -0.2) is 9.37 Å². The first-order valence-corrected chi connectivity index (χ1v) is 12.9. The number of thioether (sulfide) groups is 1.